The van der Waals surface area contributed by atoms with Gasteiger partial charge in [0.25, 0.3) is 0 Å². The molecule has 0 amide bonds. The summed E-state index contributed by atoms with van der Waals surface area (Å²) < 4.78 is 5.39. The van der Waals surface area contributed by atoms with E-state index in [-0.39, 0.29) is 5.54 Å². The molecule has 1 aliphatic rings. The van der Waals surface area contributed by atoms with Gasteiger partial charge in [0.2, 0.25) is 0 Å². The molecule has 21 heavy (non-hydrogen) atoms. The Kier molecular flexibility index (Phi) is 4.93. The maximum Gasteiger partial charge on any atom is 0.488 e. The average Bonchev–Trinajstić information content (AvgIpc) is 2.42. The molecular formula is C15H25BN2O3. The van der Waals surface area contributed by atoms with Gasteiger partial charge in [-0.15, -0.1) is 0 Å². The molecule has 0 aliphatic carbocycles. The van der Waals surface area contributed by atoms with Gasteiger partial charge in [0.15, 0.2) is 0 Å². The molecule has 0 aromatic heterocycles. The minimum absolute atomic E-state index is 0.138. The molecule has 1 fully saturated rings. The summed E-state index contributed by atoms with van der Waals surface area (Å²) in [6.07, 6.45) is 0. The Balaban J connectivity index is 2.16. The van der Waals surface area contributed by atoms with Crippen molar-refractivity contribution < 1.29 is 14.8 Å². The van der Waals surface area contributed by atoms with Gasteiger partial charge in [-0.1, -0.05) is 12.1 Å². The van der Waals surface area contributed by atoms with Crippen LogP contribution in [0.5, 0.6) is 5.75 Å². The van der Waals surface area contributed by atoms with Crippen LogP contribution in [0.15, 0.2) is 18.2 Å². The highest BCUT2D eigenvalue weighted by Gasteiger charge is 2.31. The zero-order valence-corrected chi connectivity index (χ0v) is 13.3. The Morgan fingerprint density at radius 3 is 2.57 bits per heavy atom. The van der Waals surface area contributed by atoms with Crippen molar-refractivity contribution in [3.8, 4) is 5.75 Å². The minimum Gasteiger partial charge on any atom is -0.496 e. The van der Waals surface area contributed by atoms with Crippen LogP contribution in [0.1, 0.15) is 19.4 Å². The summed E-state index contributed by atoms with van der Waals surface area (Å²) >= 11 is 0. The number of benzene rings is 1. The molecule has 1 heterocycles. The zero-order valence-electron chi connectivity index (χ0n) is 13.3. The second-order valence-corrected chi connectivity index (χ2v) is 6.39. The second-order valence-electron chi connectivity index (χ2n) is 6.39. The first-order valence-corrected chi connectivity index (χ1v) is 7.30. The van der Waals surface area contributed by atoms with Gasteiger partial charge in [0, 0.05) is 37.3 Å². The van der Waals surface area contributed by atoms with E-state index in [1.54, 1.807) is 19.2 Å². The van der Waals surface area contributed by atoms with Gasteiger partial charge >= 0.3 is 7.12 Å². The van der Waals surface area contributed by atoms with Crippen LogP contribution in [-0.2, 0) is 6.54 Å². The highest BCUT2D eigenvalue weighted by Crippen LogP contribution is 2.23. The number of ether oxygens (including phenoxy) is 1. The van der Waals surface area contributed by atoms with Gasteiger partial charge in [-0.25, -0.2) is 0 Å². The van der Waals surface area contributed by atoms with Gasteiger partial charge in [0.1, 0.15) is 5.75 Å². The highest BCUT2D eigenvalue weighted by atomic mass is 16.5. The molecule has 0 atom stereocenters. The number of nitrogens with zero attached hydrogens (tertiary/aromatic N) is 2. The number of hydrogen-bond acceptors (Lipinski definition) is 5. The number of piperazine rings is 1. The third-order valence-electron chi connectivity index (χ3n) is 4.39. The normalized spacial score (nSPS) is 19.5. The standard InChI is InChI=1S/C15H25BN2O3/c1-15(2)11-18(8-7-17(15)3)10-12-9-13(16(19)20)5-6-14(12)21-4/h5-6,9,19-20H,7-8,10-11H2,1-4H3. The van der Waals surface area contributed by atoms with Gasteiger partial charge < -0.3 is 14.8 Å². The van der Waals surface area contributed by atoms with Crippen molar-refractivity contribution in [2.24, 2.45) is 0 Å². The van der Waals surface area contributed by atoms with Gasteiger partial charge in [-0.3, -0.25) is 9.80 Å². The van der Waals surface area contributed by atoms with Gasteiger partial charge in [-0.2, -0.15) is 0 Å². The molecule has 1 aliphatic heterocycles. The Bertz CT molecular complexity index is 494. The molecule has 0 saturated carbocycles. The van der Waals surface area contributed by atoms with E-state index < -0.39 is 7.12 Å². The van der Waals surface area contributed by atoms with Crippen molar-refractivity contribution in [2.75, 3.05) is 33.8 Å². The second kappa shape index (κ2) is 6.36. The van der Waals surface area contributed by atoms with Crippen molar-refractivity contribution in [1.29, 1.82) is 0 Å². The van der Waals surface area contributed by atoms with Crippen LogP contribution >= 0.6 is 0 Å². The SMILES string of the molecule is COc1ccc(B(O)O)cc1CN1CCN(C)C(C)(C)C1. The molecule has 1 aromatic carbocycles. The number of methoxy groups -OCH3 is 1. The van der Waals surface area contributed by atoms with E-state index in [9.17, 15) is 10.0 Å². The number of rotatable bonds is 4. The minimum atomic E-state index is -1.45. The molecule has 2 rings (SSSR count). The fourth-order valence-corrected chi connectivity index (χ4v) is 2.80. The lowest BCUT2D eigenvalue weighted by atomic mass is 9.79. The summed E-state index contributed by atoms with van der Waals surface area (Å²) in [5.74, 6) is 0.788. The summed E-state index contributed by atoms with van der Waals surface area (Å²) in [6.45, 7) is 8.22. The summed E-state index contributed by atoms with van der Waals surface area (Å²) in [5.41, 5.74) is 1.63. The zero-order chi connectivity index (χ0) is 15.6. The van der Waals surface area contributed by atoms with Crippen LogP contribution in [0, 0.1) is 0 Å². The van der Waals surface area contributed by atoms with Crippen molar-refractivity contribution in [3.05, 3.63) is 23.8 Å². The predicted octanol–water partition coefficient (Wildman–Crippen LogP) is -0.0990. The number of likely N-dealkylation sites (N-methyl/N-ethyl adjacent to an activating group) is 1. The molecule has 0 bridgehead atoms. The lowest BCUT2D eigenvalue weighted by molar-refractivity contribution is 0.0357. The van der Waals surface area contributed by atoms with Crippen molar-refractivity contribution >= 4 is 12.6 Å². The summed E-state index contributed by atoms with van der Waals surface area (Å²) in [4.78, 5) is 4.75. The maximum absolute atomic E-state index is 9.33. The van der Waals surface area contributed by atoms with E-state index in [1.165, 1.54) is 0 Å². The third-order valence-corrected chi connectivity index (χ3v) is 4.39. The molecule has 0 spiro atoms. The van der Waals surface area contributed by atoms with E-state index in [0.29, 0.717) is 5.46 Å². The fourth-order valence-electron chi connectivity index (χ4n) is 2.80. The Hall–Kier alpha value is -1.08. The Morgan fingerprint density at radius 1 is 1.29 bits per heavy atom. The van der Waals surface area contributed by atoms with E-state index in [4.69, 9.17) is 4.74 Å². The smallest absolute Gasteiger partial charge is 0.488 e. The van der Waals surface area contributed by atoms with E-state index >= 15 is 0 Å². The molecule has 0 radical (unpaired) electrons. The van der Waals surface area contributed by atoms with Crippen molar-refractivity contribution in [2.45, 2.75) is 25.9 Å². The fraction of sp³-hybridized carbons (Fsp3) is 0.600. The van der Waals surface area contributed by atoms with Crippen LogP contribution in [0.4, 0.5) is 0 Å². The lowest BCUT2D eigenvalue weighted by Crippen LogP contribution is -2.57. The quantitative estimate of drug-likeness (QED) is 0.759. The lowest BCUT2D eigenvalue weighted by Gasteiger charge is -2.45. The predicted molar refractivity (Wildman–Crippen MR) is 84.8 cm³/mol. The summed E-state index contributed by atoms with van der Waals surface area (Å²) in [7, 11) is 2.35. The van der Waals surface area contributed by atoms with Gasteiger partial charge in [-0.05, 0) is 32.4 Å². The van der Waals surface area contributed by atoms with Gasteiger partial charge in [0.05, 0.1) is 7.11 Å². The van der Waals surface area contributed by atoms with Crippen LogP contribution in [0.3, 0.4) is 0 Å². The monoisotopic (exact) mass is 292 g/mol. The topological polar surface area (TPSA) is 56.2 Å². The van der Waals surface area contributed by atoms with Crippen molar-refractivity contribution in [3.63, 3.8) is 0 Å². The molecule has 0 unspecified atom stereocenters. The molecule has 1 aromatic rings. The van der Waals surface area contributed by atoms with E-state index in [0.717, 1.165) is 37.5 Å². The van der Waals surface area contributed by atoms with Crippen LogP contribution in [0.2, 0.25) is 0 Å². The largest absolute Gasteiger partial charge is 0.496 e. The first kappa shape index (κ1) is 16.3. The molecule has 116 valence electrons. The van der Waals surface area contributed by atoms with Crippen molar-refractivity contribution in [1.82, 2.24) is 9.80 Å². The van der Waals surface area contributed by atoms with E-state index in [2.05, 4.69) is 30.7 Å². The molecular weight excluding hydrogens is 267 g/mol. The Morgan fingerprint density at radius 2 is 2.00 bits per heavy atom. The summed E-state index contributed by atoms with van der Waals surface area (Å²) in [6, 6.07) is 5.29. The summed E-state index contributed by atoms with van der Waals surface area (Å²) in [5, 5.41) is 18.7. The van der Waals surface area contributed by atoms with E-state index in [1.807, 2.05) is 6.07 Å². The molecule has 5 nitrogen and oxygen atoms in total. The molecule has 1 saturated heterocycles. The first-order valence-electron chi connectivity index (χ1n) is 7.30. The maximum atomic E-state index is 9.33. The highest BCUT2D eigenvalue weighted by molar-refractivity contribution is 6.58. The van der Waals surface area contributed by atoms with Crippen LogP contribution < -0.4 is 10.2 Å². The third kappa shape index (κ3) is 3.77. The molecule has 2 N–H and O–H groups in total. The Labute approximate surface area is 127 Å². The molecule has 6 heteroatoms. The number of hydrogen-bond donors (Lipinski definition) is 2. The van der Waals surface area contributed by atoms with Crippen LogP contribution in [-0.4, -0.2) is 66.3 Å². The first-order chi connectivity index (χ1) is 9.83. The van der Waals surface area contributed by atoms with Crippen LogP contribution in [0.25, 0.3) is 0 Å². The average molecular weight is 292 g/mol.